The lowest BCUT2D eigenvalue weighted by Gasteiger charge is -2.34. The molecule has 0 radical (unpaired) electrons. The summed E-state index contributed by atoms with van der Waals surface area (Å²) in [4.78, 5) is 22.3. The number of aryl methyl sites for hydroxylation is 1. The SMILES string of the molecule is Cc1cnc(C(=O)N2CCCCC2CN)cn1. The van der Waals surface area contributed by atoms with Gasteiger partial charge in [0.1, 0.15) is 5.69 Å². The van der Waals surface area contributed by atoms with Gasteiger partial charge in [0, 0.05) is 25.3 Å². The van der Waals surface area contributed by atoms with E-state index in [4.69, 9.17) is 5.73 Å². The molecule has 2 N–H and O–H groups in total. The minimum atomic E-state index is -0.0485. The molecule has 1 atom stereocenters. The van der Waals surface area contributed by atoms with E-state index in [0.29, 0.717) is 12.2 Å². The highest BCUT2D eigenvalue weighted by molar-refractivity contribution is 5.92. The van der Waals surface area contributed by atoms with E-state index in [2.05, 4.69) is 9.97 Å². The summed E-state index contributed by atoms with van der Waals surface area (Å²) >= 11 is 0. The zero-order valence-electron chi connectivity index (χ0n) is 10.1. The summed E-state index contributed by atoms with van der Waals surface area (Å²) in [5, 5.41) is 0. The van der Waals surface area contributed by atoms with Gasteiger partial charge in [0.15, 0.2) is 0 Å². The number of carbonyl (C=O) groups is 1. The van der Waals surface area contributed by atoms with Crippen molar-refractivity contribution in [3.05, 3.63) is 23.8 Å². The Balaban J connectivity index is 2.15. The Morgan fingerprint density at radius 1 is 1.47 bits per heavy atom. The number of rotatable bonds is 2. The predicted octanol–water partition coefficient (Wildman–Crippen LogP) is 0.738. The first-order valence-electron chi connectivity index (χ1n) is 6.02. The molecule has 1 aromatic heterocycles. The van der Waals surface area contributed by atoms with Gasteiger partial charge in [-0.1, -0.05) is 0 Å². The maximum absolute atomic E-state index is 12.2. The number of piperidine rings is 1. The van der Waals surface area contributed by atoms with Crippen LogP contribution in [0.25, 0.3) is 0 Å². The van der Waals surface area contributed by atoms with Crippen molar-refractivity contribution >= 4 is 5.91 Å². The summed E-state index contributed by atoms with van der Waals surface area (Å²) in [6, 6.07) is 0.152. The van der Waals surface area contributed by atoms with Gasteiger partial charge in [0.05, 0.1) is 11.9 Å². The third-order valence-electron chi connectivity index (χ3n) is 3.16. The number of hydrogen-bond donors (Lipinski definition) is 1. The predicted molar refractivity (Wildman–Crippen MR) is 64.5 cm³/mol. The van der Waals surface area contributed by atoms with E-state index in [1.54, 1.807) is 12.4 Å². The first-order chi connectivity index (χ1) is 8.22. The molecule has 1 fully saturated rings. The van der Waals surface area contributed by atoms with Crippen LogP contribution in [-0.4, -0.2) is 39.9 Å². The Kier molecular flexibility index (Phi) is 3.68. The maximum atomic E-state index is 12.2. The number of carbonyl (C=O) groups excluding carboxylic acids is 1. The highest BCUT2D eigenvalue weighted by Crippen LogP contribution is 2.18. The van der Waals surface area contributed by atoms with Crippen molar-refractivity contribution in [1.82, 2.24) is 14.9 Å². The Morgan fingerprint density at radius 2 is 2.29 bits per heavy atom. The Bertz CT molecular complexity index is 390. The van der Waals surface area contributed by atoms with Crippen LogP contribution in [0, 0.1) is 6.92 Å². The largest absolute Gasteiger partial charge is 0.333 e. The van der Waals surface area contributed by atoms with Crippen LogP contribution in [0.5, 0.6) is 0 Å². The topological polar surface area (TPSA) is 72.1 Å². The second kappa shape index (κ2) is 5.23. The highest BCUT2D eigenvalue weighted by Gasteiger charge is 2.27. The standard InChI is InChI=1S/C12H18N4O/c1-9-7-15-11(8-14-9)12(17)16-5-3-2-4-10(16)6-13/h7-8,10H,2-6,13H2,1H3. The number of hydrogen-bond acceptors (Lipinski definition) is 4. The number of nitrogens with two attached hydrogens (primary N) is 1. The smallest absolute Gasteiger partial charge is 0.274 e. The van der Waals surface area contributed by atoms with Crippen LogP contribution in [0.1, 0.15) is 35.4 Å². The van der Waals surface area contributed by atoms with Gasteiger partial charge in [0.25, 0.3) is 5.91 Å². The van der Waals surface area contributed by atoms with Gasteiger partial charge in [-0.25, -0.2) is 4.98 Å². The normalized spacial score (nSPS) is 20.4. The average molecular weight is 234 g/mol. The maximum Gasteiger partial charge on any atom is 0.274 e. The molecule has 1 aromatic rings. The molecule has 0 aliphatic carbocycles. The molecule has 0 aromatic carbocycles. The zero-order valence-corrected chi connectivity index (χ0v) is 10.1. The van der Waals surface area contributed by atoms with Gasteiger partial charge in [-0.05, 0) is 26.2 Å². The van der Waals surface area contributed by atoms with Crippen molar-refractivity contribution < 1.29 is 4.79 Å². The fourth-order valence-corrected chi connectivity index (χ4v) is 2.16. The van der Waals surface area contributed by atoms with Crippen LogP contribution in [0.15, 0.2) is 12.4 Å². The lowest BCUT2D eigenvalue weighted by atomic mass is 10.0. The van der Waals surface area contributed by atoms with E-state index in [9.17, 15) is 4.79 Å². The zero-order chi connectivity index (χ0) is 12.3. The van der Waals surface area contributed by atoms with E-state index in [1.807, 2.05) is 11.8 Å². The van der Waals surface area contributed by atoms with E-state index < -0.39 is 0 Å². The Labute approximate surface area is 101 Å². The molecule has 0 saturated carbocycles. The highest BCUT2D eigenvalue weighted by atomic mass is 16.2. The van der Waals surface area contributed by atoms with Crippen LogP contribution >= 0.6 is 0 Å². The molecule has 1 unspecified atom stereocenters. The van der Waals surface area contributed by atoms with Crippen molar-refractivity contribution in [2.45, 2.75) is 32.2 Å². The number of aromatic nitrogens is 2. The lowest BCUT2D eigenvalue weighted by Crippen LogP contribution is -2.47. The number of nitrogens with zero attached hydrogens (tertiary/aromatic N) is 3. The van der Waals surface area contributed by atoms with E-state index in [0.717, 1.165) is 31.5 Å². The summed E-state index contributed by atoms with van der Waals surface area (Å²) in [6.45, 7) is 3.14. The molecule has 1 aliphatic rings. The number of likely N-dealkylation sites (tertiary alicyclic amines) is 1. The molecule has 0 bridgehead atoms. The van der Waals surface area contributed by atoms with Crippen molar-refractivity contribution in [2.24, 2.45) is 5.73 Å². The van der Waals surface area contributed by atoms with Crippen LogP contribution in [-0.2, 0) is 0 Å². The summed E-state index contributed by atoms with van der Waals surface area (Å²) < 4.78 is 0. The first kappa shape index (κ1) is 12.0. The minimum absolute atomic E-state index is 0.0485. The Morgan fingerprint density at radius 3 is 2.94 bits per heavy atom. The summed E-state index contributed by atoms with van der Waals surface area (Å²) in [7, 11) is 0. The molecular weight excluding hydrogens is 216 g/mol. The molecule has 2 rings (SSSR count). The van der Waals surface area contributed by atoms with Gasteiger partial charge in [0.2, 0.25) is 0 Å². The molecule has 2 heterocycles. The molecule has 1 amide bonds. The van der Waals surface area contributed by atoms with Gasteiger partial charge in [-0.3, -0.25) is 9.78 Å². The van der Waals surface area contributed by atoms with Crippen molar-refractivity contribution in [1.29, 1.82) is 0 Å². The van der Waals surface area contributed by atoms with Crippen molar-refractivity contribution in [2.75, 3.05) is 13.1 Å². The fraction of sp³-hybridized carbons (Fsp3) is 0.583. The molecule has 1 saturated heterocycles. The average Bonchev–Trinajstić information content (AvgIpc) is 2.39. The molecule has 17 heavy (non-hydrogen) atoms. The van der Waals surface area contributed by atoms with Gasteiger partial charge in [-0.15, -0.1) is 0 Å². The van der Waals surface area contributed by atoms with Crippen LogP contribution in [0.4, 0.5) is 0 Å². The van der Waals surface area contributed by atoms with E-state index in [1.165, 1.54) is 0 Å². The van der Waals surface area contributed by atoms with Crippen molar-refractivity contribution in [3.8, 4) is 0 Å². The molecule has 92 valence electrons. The van der Waals surface area contributed by atoms with Gasteiger partial charge in [-0.2, -0.15) is 0 Å². The Hall–Kier alpha value is -1.49. The van der Waals surface area contributed by atoms with Gasteiger partial charge >= 0.3 is 0 Å². The minimum Gasteiger partial charge on any atom is -0.333 e. The first-order valence-corrected chi connectivity index (χ1v) is 6.02. The molecular formula is C12H18N4O. The molecule has 1 aliphatic heterocycles. The van der Waals surface area contributed by atoms with Crippen molar-refractivity contribution in [3.63, 3.8) is 0 Å². The van der Waals surface area contributed by atoms with Crippen LogP contribution in [0.3, 0.4) is 0 Å². The van der Waals surface area contributed by atoms with E-state index >= 15 is 0 Å². The van der Waals surface area contributed by atoms with Gasteiger partial charge < -0.3 is 10.6 Å². The fourth-order valence-electron chi connectivity index (χ4n) is 2.16. The molecule has 5 heteroatoms. The van der Waals surface area contributed by atoms with E-state index in [-0.39, 0.29) is 11.9 Å². The third kappa shape index (κ3) is 2.61. The third-order valence-corrected chi connectivity index (χ3v) is 3.16. The number of amides is 1. The molecule has 0 spiro atoms. The lowest BCUT2D eigenvalue weighted by molar-refractivity contribution is 0.0616. The summed E-state index contributed by atoms with van der Waals surface area (Å²) in [6.07, 6.45) is 6.34. The second-order valence-electron chi connectivity index (χ2n) is 4.43. The quantitative estimate of drug-likeness (QED) is 0.819. The monoisotopic (exact) mass is 234 g/mol. The molecule has 5 nitrogen and oxygen atoms in total. The summed E-state index contributed by atoms with van der Waals surface area (Å²) in [5.41, 5.74) is 6.93. The summed E-state index contributed by atoms with van der Waals surface area (Å²) in [5.74, 6) is -0.0485. The van der Waals surface area contributed by atoms with Crippen LogP contribution in [0.2, 0.25) is 0 Å². The van der Waals surface area contributed by atoms with Crippen LogP contribution < -0.4 is 5.73 Å². The second-order valence-corrected chi connectivity index (χ2v) is 4.43.